The highest BCUT2D eigenvalue weighted by molar-refractivity contribution is 8.02. The average molecular weight is 343 g/mol. The Morgan fingerprint density at radius 3 is 2.95 bits per heavy atom. The number of nitriles is 1. The van der Waals surface area contributed by atoms with Crippen LogP contribution in [-0.4, -0.2) is 34.3 Å². The lowest BCUT2D eigenvalue weighted by molar-refractivity contribution is 0.311. The van der Waals surface area contributed by atoms with Crippen LogP contribution in [0.5, 0.6) is 0 Å². The van der Waals surface area contributed by atoms with Crippen LogP contribution >= 0.6 is 34.9 Å². The molecule has 1 aromatic heterocycles. The lowest BCUT2D eigenvalue weighted by Crippen LogP contribution is -2.47. The standard InChI is InChI=1S/C14H22N4S3/c1-3-8-16-14(10-15)7-4-5-11(14)6-9-20-13-18-17-12(19-2)21-13/h11,16H,3-9H2,1-2H3. The molecule has 1 aliphatic rings. The number of thioether (sulfide) groups is 2. The normalized spacial score (nSPS) is 25.1. The number of nitrogens with one attached hydrogen (secondary N) is 1. The summed E-state index contributed by atoms with van der Waals surface area (Å²) < 4.78 is 2.07. The van der Waals surface area contributed by atoms with Crippen LogP contribution in [0.4, 0.5) is 0 Å². The van der Waals surface area contributed by atoms with Crippen molar-refractivity contribution in [1.82, 2.24) is 15.5 Å². The molecule has 1 aliphatic carbocycles. The predicted octanol–water partition coefficient (Wildman–Crippen LogP) is 3.80. The van der Waals surface area contributed by atoms with Gasteiger partial charge in [-0.3, -0.25) is 5.32 Å². The first kappa shape index (κ1) is 17.1. The molecule has 0 amide bonds. The van der Waals surface area contributed by atoms with Gasteiger partial charge in [-0.1, -0.05) is 48.2 Å². The minimum absolute atomic E-state index is 0.290. The van der Waals surface area contributed by atoms with E-state index in [1.165, 1.54) is 0 Å². The predicted molar refractivity (Wildman–Crippen MR) is 91.0 cm³/mol. The zero-order chi connectivity index (χ0) is 15.1. The highest BCUT2D eigenvalue weighted by Gasteiger charge is 2.42. The fourth-order valence-corrected chi connectivity index (χ4v) is 5.42. The molecular formula is C14H22N4S3. The van der Waals surface area contributed by atoms with Gasteiger partial charge in [0.05, 0.1) is 6.07 Å². The average Bonchev–Trinajstić information content (AvgIpc) is 3.12. The van der Waals surface area contributed by atoms with Crippen LogP contribution in [0, 0.1) is 17.2 Å². The Kier molecular flexibility index (Phi) is 6.80. The van der Waals surface area contributed by atoms with E-state index in [1.807, 2.05) is 6.26 Å². The fourth-order valence-electron chi connectivity index (χ4n) is 2.86. The first-order valence-electron chi connectivity index (χ1n) is 7.40. The summed E-state index contributed by atoms with van der Waals surface area (Å²) in [7, 11) is 0. The Bertz CT molecular complexity index is 485. The van der Waals surface area contributed by atoms with E-state index in [4.69, 9.17) is 0 Å². The molecule has 1 aromatic rings. The molecule has 0 spiro atoms. The van der Waals surface area contributed by atoms with Gasteiger partial charge in [-0.2, -0.15) is 5.26 Å². The van der Waals surface area contributed by atoms with Crippen molar-refractivity contribution in [3.05, 3.63) is 0 Å². The molecular weight excluding hydrogens is 320 g/mol. The molecule has 2 rings (SSSR count). The van der Waals surface area contributed by atoms with Gasteiger partial charge in [-0.05, 0) is 44.4 Å². The lowest BCUT2D eigenvalue weighted by atomic mass is 9.86. The van der Waals surface area contributed by atoms with Crippen LogP contribution in [0.3, 0.4) is 0 Å². The summed E-state index contributed by atoms with van der Waals surface area (Å²) in [5, 5.41) is 21.4. The maximum absolute atomic E-state index is 9.62. The van der Waals surface area contributed by atoms with Gasteiger partial charge >= 0.3 is 0 Å². The van der Waals surface area contributed by atoms with Crippen LogP contribution in [0.1, 0.15) is 39.0 Å². The molecule has 21 heavy (non-hydrogen) atoms. The van der Waals surface area contributed by atoms with Crippen molar-refractivity contribution in [3.8, 4) is 6.07 Å². The van der Waals surface area contributed by atoms with Crippen molar-refractivity contribution >= 4 is 34.9 Å². The summed E-state index contributed by atoms with van der Waals surface area (Å²) >= 11 is 5.07. The molecule has 0 aliphatic heterocycles. The topological polar surface area (TPSA) is 61.6 Å². The third kappa shape index (κ3) is 4.35. The molecule has 1 N–H and O–H groups in total. The van der Waals surface area contributed by atoms with Gasteiger partial charge in [-0.15, -0.1) is 10.2 Å². The van der Waals surface area contributed by atoms with E-state index in [-0.39, 0.29) is 5.54 Å². The molecule has 1 saturated carbocycles. The molecule has 116 valence electrons. The Balaban J connectivity index is 1.85. The molecule has 0 radical (unpaired) electrons. The van der Waals surface area contributed by atoms with Gasteiger partial charge in [0.15, 0.2) is 8.68 Å². The third-order valence-corrected chi connectivity index (χ3v) is 7.03. The van der Waals surface area contributed by atoms with Crippen molar-refractivity contribution in [3.63, 3.8) is 0 Å². The van der Waals surface area contributed by atoms with Crippen LogP contribution in [0.2, 0.25) is 0 Å². The number of nitrogens with zero attached hydrogens (tertiary/aromatic N) is 3. The van der Waals surface area contributed by atoms with Gasteiger partial charge < -0.3 is 0 Å². The Labute approximate surface area is 139 Å². The van der Waals surface area contributed by atoms with Crippen molar-refractivity contribution in [2.75, 3.05) is 18.6 Å². The van der Waals surface area contributed by atoms with Crippen molar-refractivity contribution in [2.24, 2.45) is 5.92 Å². The summed E-state index contributed by atoms with van der Waals surface area (Å²) in [6.07, 6.45) is 7.49. The number of hydrogen-bond acceptors (Lipinski definition) is 7. The van der Waals surface area contributed by atoms with E-state index in [1.54, 1.807) is 34.9 Å². The molecule has 0 aromatic carbocycles. The van der Waals surface area contributed by atoms with E-state index in [2.05, 4.69) is 28.5 Å². The lowest BCUT2D eigenvalue weighted by Gasteiger charge is -2.29. The van der Waals surface area contributed by atoms with Crippen LogP contribution < -0.4 is 5.32 Å². The molecule has 2 atom stereocenters. The molecule has 1 heterocycles. The van der Waals surface area contributed by atoms with E-state index >= 15 is 0 Å². The molecule has 0 saturated heterocycles. The SMILES string of the molecule is CCCNC1(C#N)CCCC1CCSc1nnc(SC)s1. The second-order valence-electron chi connectivity index (χ2n) is 5.27. The number of hydrogen-bond donors (Lipinski definition) is 1. The Hall–Kier alpha value is -0.290. The van der Waals surface area contributed by atoms with Crippen molar-refractivity contribution in [1.29, 1.82) is 5.26 Å². The van der Waals surface area contributed by atoms with Crippen molar-refractivity contribution in [2.45, 2.75) is 53.2 Å². The summed E-state index contributed by atoms with van der Waals surface area (Å²) in [5.74, 6) is 1.49. The molecule has 7 heteroatoms. The van der Waals surface area contributed by atoms with Crippen LogP contribution in [-0.2, 0) is 0 Å². The minimum atomic E-state index is -0.290. The third-order valence-electron chi connectivity index (χ3n) is 3.96. The number of aromatic nitrogens is 2. The maximum Gasteiger partial charge on any atom is 0.175 e. The van der Waals surface area contributed by atoms with E-state index in [0.29, 0.717) is 5.92 Å². The number of rotatable bonds is 8. The van der Waals surface area contributed by atoms with Crippen molar-refractivity contribution < 1.29 is 0 Å². The maximum atomic E-state index is 9.62. The highest BCUT2D eigenvalue weighted by atomic mass is 32.2. The smallest absolute Gasteiger partial charge is 0.175 e. The van der Waals surface area contributed by atoms with E-state index < -0.39 is 0 Å². The molecule has 0 bridgehead atoms. The molecule has 1 fully saturated rings. The van der Waals surface area contributed by atoms with Gasteiger partial charge in [0.1, 0.15) is 5.54 Å². The second-order valence-corrected chi connectivity index (χ2v) is 8.65. The zero-order valence-corrected chi connectivity index (χ0v) is 15.0. The highest BCUT2D eigenvalue weighted by Crippen LogP contribution is 2.39. The first-order chi connectivity index (χ1) is 10.2. The van der Waals surface area contributed by atoms with Gasteiger partial charge in [-0.25, -0.2) is 0 Å². The van der Waals surface area contributed by atoms with E-state index in [9.17, 15) is 5.26 Å². The van der Waals surface area contributed by atoms with Crippen LogP contribution in [0.25, 0.3) is 0 Å². The zero-order valence-electron chi connectivity index (χ0n) is 12.6. The van der Waals surface area contributed by atoms with Gasteiger partial charge in [0.25, 0.3) is 0 Å². The van der Waals surface area contributed by atoms with E-state index in [0.717, 1.165) is 53.1 Å². The summed E-state index contributed by atoms with van der Waals surface area (Å²) in [6.45, 7) is 3.08. The molecule has 2 unspecified atom stereocenters. The summed E-state index contributed by atoms with van der Waals surface area (Å²) in [6, 6.07) is 2.58. The fraction of sp³-hybridized carbons (Fsp3) is 0.786. The minimum Gasteiger partial charge on any atom is -0.299 e. The Morgan fingerprint density at radius 2 is 2.29 bits per heavy atom. The Morgan fingerprint density at radius 1 is 1.48 bits per heavy atom. The molecule has 4 nitrogen and oxygen atoms in total. The summed E-state index contributed by atoms with van der Waals surface area (Å²) in [4.78, 5) is 0. The van der Waals surface area contributed by atoms with Gasteiger partial charge in [0, 0.05) is 5.75 Å². The first-order valence-corrected chi connectivity index (χ1v) is 10.4. The largest absolute Gasteiger partial charge is 0.299 e. The second kappa shape index (κ2) is 8.37. The quantitative estimate of drug-likeness (QED) is 0.725. The van der Waals surface area contributed by atoms with Crippen LogP contribution in [0.15, 0.2) is 8.68 Å². The van der Waals surface area contributed by atoms with Gasteiger partial charge in [0.2, 0.25) is 0 Å². The summed E-state index contributed by atoms with van der Waals surface area (Å²) in [5.41, 5.74) is -0.290. The monoisotopic (exact) mass is 342 g/mol.